The third kappa shape index (κ3) is 6.38. The first kappa shape index (κ1) is 25.3. The number of amides is 2. The molecule has 2 N–H and O–H groups in total. The van der Waals surface area contributed by atoms with Gasteiger partial charge in [0, 0.05) is 17.8 Å². The van der Waals surface area contributed by atoms with Gasteiger partial charge < -0.3 is 19.9 Å². The van der Waals surface area contributed by atoms with E-state index >= 15 is 0 Å². The summed E-state index contributed by atoms with van der Waals surface area (Å²) in [5.41, 5.74) is 2.33. The molecule has 0 aliphatic heterocycles. The van der Waals surface area contributed by atoms with Crippen molar-refractivity contribution in [1.29, 1.82) is 0 Å². The second-order valence-electron chi connectivity index (χ2n) is 8.22. The summed E-state index contributed by atoms with van der Waals surface area (Å²) in [4.78, 5) is 25.3. The van der Waals surface area contributed by atoms with Crippen molar-refractivity contribution in [1.82, 2.24) is 20.1 Å². The molecule has 1 aromatic heterocycles. The zero-order chi connectivity index (χ0) is 24.7. The smallest absolute Gasteiger partial charge is 0.251 e. The molecule has 1 heterocycles. The molecule has 0 fully saturated rings. The standard InChI is InChI=1S/C25H31N5O3S/c1-6-30-23(22(16(2)3)27-24(32)18-9-7-8-17(4)14-18)28-29-25(30)34-15-21(31)26-19-10-12-20(33-5)13-11-19/h7-14,16,22H,6,15H2,1-5H3,(H,26,31)(H,27,32)/t22-/m1/s1. The summed E-state index contributed by atoms with van der Waals surface area (Å²) in [6.45, 7) is 8.64. The number of aromatic nitrogens is 3. The van der Waals surface area contributed by atoms with E-state index in [4.69, 9.17) is 4.74 Å². The van der Waals surface area contributed by atoms with Crippen molar-refractivity contribution in [2.45, 2.75) is 45.4 Å². The maximum Gasteiger partial charge on any atom is 0.251 e. The number of anilines is 1. The van der Waals surface area contributed by atoms with E-state index in [2.05, 4.69) is 20.8 Å². The fourth-order valence-corrected chi connectivity index (χ4v) is 4.29. The largest absolute Gasteiger partial charge is 0.497 e. The number of benzene rings is 2. The first-order valence-electron chi connectivity index (χ1n) is 11.2. The van der Waals surface area contributed by atoms with Crippen LogP contribution in [0.4, 0.5) is 5.69 Å². The quantitative estimate of drug-likeness (QED) is 0.415. The van der Waals surface area contributed by atoms with Gasteiger partial charge in [-0.05, 0) is 56.2 Å². The molecule has 0 aliphatic rings. The van der Waals surface area contributed by atoms with Crippen molar-refractivity contribution in [2.75, 3.05) is 18.2 Å². The van der Waals surface area contributed by atoms with E-state index in [0.29, 0.717) is 28.8 Å². The van der Waals surface area contributed by atoms with Gasteiger partial charge >= 0.3 is 0 Å². The van der Waals surface area contributed by atoms with Crippen LogP contribution in [0, 0.1) is 12.8 Å². The molecule has 3 rings (SSSR count). The van der Waals surface area contributed by atoms with E-state index in [0.717, 1.165) is 11.3 Å². The summed E-state index contributed by atoms with van der Waals surface area (Å²) in [7, 11) is 1.60. The van der Waals surface area contributed by atoms with Crippen LogP contribution in [-0.2, 0) is 11.3 Å². The van der Waals surface area contributed by atoms with Crippen LogP contribution in [-0.4, -0.2) is 39.4 Å². The van der Waals surface area contributed by atoms with E-state index in [1.54, 1.807) is 37.4 Å². The summed E-state index contributed by atoms with van der Waals surface area (Å²) in [5, 5.41) is 15.3. The summed E-state index contributed by atoms with van der Waals surface area (Å²) < 4.78 is 7.09. The Kier molecular flexibility index (Phi) is 8.70. The molecule has 3 aromatic rings. The molecule has 1 atom stereocenters. The van der Waals surface area contributed by atoms with Gasteiger partial charge in [0.2, 0.25) is 5.91 Å². The number of nitrogens with one attached hydrogen (secondary N) is 2. The van der Waals surface area contributed by atoms with Crippen LogP contribution in [0.3, 0.4) is 0 Å². The molecule has 2 amide bonds. The van der Waals surface area contributed by atoms with Crippen molar-refractivity contribution < 1.29 is 14.3 Å². The van der Waals surface area contributed by atoms with E-state index in [1.165, 1.54) is 11.8 Å². The molecule has 2 aromatic carbocycles. The second-order valence-corrected chi connectivity index (χ2v) is 9.16. The Hall–Kier alpha value is -3.33. The van der Waals surface area contributed by atoms with Crippen LogP contribution >= 0.6 is 11.8 Å². The lowest BCUT2D eigenvalue weighted by Crippen LogP contribution is -2.33. The number of hydrogen-bond donors (Lipinski definition) is 2. The monoisotopic (exact) mass is 481 g/mol. The zero-order valence-corrected chi connectivity index (χ0v) is 21.0. The van der Waals surface area contributed by atoms with Crippen molar-refractivity contribution in [3.05, 3.63) is 65.5 Å². The number of carbonyl (C=O) groups excluding carboxylic acids is 2. The van der Waals surface area contributed by atoms with Gasteiger partial charge in [-0.25, -0.2) is 0 Å². The lowest BCUT2D eigenvalue weighted by Gasteiger charge is -2.22. The van der Waals surface area contributed by atoms with E-state index in [9.17, 15) is 9.59 Å². The van der Waals surface area contributed by atoms with Gasteiger partial charge in [0.1, 0.15) is 5.75 Å². The van der Waals surface area contributed by atoms with Gasteiger partial charge in [0.25, 0.3) is 5.91 Å². The number of nitrogens with zero attached hydrogens (tertiary/aromatic N) is 3. The van der Waals surface area contributed by atoms with Crippen molar-refractivity contribution in [3.63, 3.8) is 0 Å². The highest BCUT2D eigenvalue weighted by molar-refractivity contribution is 7.99. The highest BCUT2D eigenvalue weighted by Gasteiger charge is 2.26. The van der Waals surface area contributed by atoms with Crippen LogP contribution < -0.4 is 15.4 Å². The summed E-state index contributed by atoms with van der Waals surface area (Å²) in [5.74, 6) is 1.39. The number of carbonyl (C=O) groups is 2. The Labute approximate surface area is 204 Å². The molecular formula is C25H31N5O3S. The SMILES string of the molecule is CCn1c(SCC(=O)Nc2ccc(OC)cc2)nnc1[C@H](NC(=O)c1cccc(C)c1)C(C)C. The summed E-state index contributed by atoms with van der Waals surface area (Å²) >= 11 is 1.31. The van der Waals surface area contributed by atoms with Gasteiger partial charge in [0.15, 0.2) is 11.0 Å². The van der Waals surface area contributed by atoms with E-state index < -0.39 is 0 Å². The Bertz CT molecular complexity index is 1130. The molecule has 8 nitrogen and oxygen atoms in total. The third-order valence-electron chi connectivity index (χ3n) is 5.28. The van der Waals surface area contributed by atoms with Crippen LogP contribution in [0.5, 0.6) is 5.75 Å². The van der Waals surface area contributed by atoms with Crippen LogP contribution in [0.15, 0.2) is 53.7 Å². The maximum atomic E-state index is 12.9. The zero-order valence-electron chi connectivity index (χ0n) is 20.2. The molecule has 0 saturated heterocycles. The topological polar surface area (TPSA) is 98.1 Å². The minimum atomic E-state index is -0.317. The average Bonchev–Trinajstić information content (AvgIpc) is 3.23. The average molecular weight is 482 g/mol. The van der Waals surface area contributed by atoms with Crippen molar-refractivity contribution in [3.8, 4) is 5.75 Å². The fraction of sp³-hybridized carbons (Fsp3) is 0.360. The number of ether oxygens (including phenoxy) is 1. The minimum Gasteiger partial charge on any atom is -0.497 e. The van der Waals surface area contributed by atoms with Crippen LogP contribution in [0.25, 0.3) is 0 Å². The van der Waals surface area contributed by atoms with Gasteiger partial charge in [-0.1, -0.05) is 43.3 Å². The number of aryl methyl sites for hydroxylation is 1. The first-order chi connectivity index (χ1) is 16.3. The Balaban J connectivity index is 1.69. The molecule has 0 aliphatic carbocycles. The normalized spacial score (nSPS) is 11.8. The molecule has 34 heavy (non-hydrogen) atoms. The Morgan fingerprint density at radius 2 is 1.85 bits per heavy atom. The van der Waals surface area contributed by atoms with Crippen molar-refractivity contribution in [2.24, 2.45) is 5.92 Å². The van der Waals surface area contributed by atoms with Gasteiger partial charge in [-0.2, -0.15) is 0 Å². The Morgan fingerprint density at radius 1 is 1.12 bits per heavy atom. The number of rotatable bonds is 10. The lowest BCUT2D eigenvalue weighted by molar-refractivity contribution is -0.113. The van der Waals surface area contributed by atoms with Gasteiger partial charge in [0.05, 0.1) is 18.9 Å². The number of thioether (sulfide) groups is 1. The highest BCUT2D eigenvalue weighted by atomic mass is 32.2. The maximum absolute atomic E-state index is 12.9. The summed E-state index contributed by atoms with van der Waals surface area (Å²) in [6, 6.07) is 14.3. The third-order valence-corrected chi connectivity index (χ3v) is 6.25. The molecule has 0 saturated carbocycles. The van der Waals surface area contributed by atoms with Gasteiger partial charge in [-0.15, -0.1) is 10.2 Å². The van der Waals surface area contributed by atoms with Crippen LogP contribution in [0.2, 0.25) is 0 Å². The molecule has 0 bridgehead atoms. The Morgan fingerprint density at radius 3 is 2.47 bits per heavy atom. The predicted octanol–water partition coefficient (Wildman–Crippen LogP) is 4.47. The van der Waals surface area contributed by atoms with Gasteiger partial charge in [-0.3, -0.25) is 9.59 Å². The molecule has 0 spiro atoms. The molecule has 9 heteroatoms. The van der Waals surface area contributed by atoms with Crippen molar-refractivity contribution >= 4 is 29.3 Å². The fourth-order valence-electron chi connectivity index (χ4n) is 3.48. The number of methoxy groups -OCH3 is 1. The van der Waals surface area contributed by atoms with Crippen LogP contribution in [0.1, 0.15) is 48.6 Å². The molecule has 0 unspecified atom stereocenters. The summed E-state index contributed by atoms with van der Waals surface area (Å²) in [6.07, 6.45) is 0. The first-order valence-corrected chi connectivity index (χ1v) is 12.2. The molecule has 180 valence electrons. The lowest BCUT2D eigenvalue weighted by atomic mass is 10.0. The minimum absolute atomic E-state index is 0.0967. The molecular weight excluding hydrogens is 450 g/mol. The number of hydrogen-bond acceptors (Lipinski definition) is 6. The van der Waals surface area contributed by atoms with E-state index in [1.807, 2.05) is 50.5 Å². The molecule has 0 radical (unpaired) electrons. The highest BCUT2D eigenvalue weighted by Crippen LogP contribution is 2.26. The second kappa shape index (κ2) is 11.7. The predicted molar refractivity (Wildman–Crippen MR) is 134 cm³/mol. The van der Waals surface area contributed by atoms with E-state index in [-0.39, 0.29) is 29.5 Å².